The molecule has 1 amide bonds. The van der Waals surface area contributed by atoms with Crippen molar-refractivity contribution in [1.82, 2.24) is 14.3 Å². The highest BCUT2D eigenvalue weighted by molar-refractivity contribution is 5.94. The molecule has 38 heavy (non-hydrogen) atoms. The lowest BCUT2D eigenvalue weighted by molar-refractivity contribution is -0.129. The van der Waals surface area contributed by atoms with Gasteiger partial charge in [0.2, 0.25) is 5.91 Å². The summed E-state index contributed by atoms with van der Waals surface area (Å²) in [4.78, 5) is 24.6. The van der Waals surface area contributed by atoms with E-state index in [-0.39, 0.29) is 12.5 Å². The molecule has 3 aromatic carbocycles. The number of carbonyl (C=O) groups excluding carboxylic acids is 1. The average molecular weight is 505 g/mol. The Hall–Kier alpha value is -4.52. The number of anilines is 3. The van der Waals surface area contributed by atoms with Gasteiger partial charge in [-0.05, 0) is 35.7 Å². The van der Waals surface area contributed by atoms with E-state index < -0.39 is 0 Å². The minimum absolute atomic E-state index is 0.0994. The Labute approximate surface area is 222 Å². The topological polar surface area (TPSA) is 56.1 Å². The Morgan fingerprint density at radius 2 is 1.61 bits per heavy atom. The van der Waals surface area contributed by atoms with Crippen LogP contribution >= 0.6 is 0 Å². The Balaban J connectivity index is 1.16. The van der Waals surface area contributed by atoms with Crippen molar-refractivity contribution in [3.8, 4) is 11.3 Å². The van der Waals surface area contributed by atoms with Crippen molar-refractivity contribution >= 4 is 39.5 Å². The number of fused-ring (bicyclic) bond motifs is 2. The predicted molar refractivity (Wildman–Crippen MR) is 156 cm³/mol. The summed E-state index contributed by atoms with van der Waals surface area (Å²) in [6.07, 6.45) is 1.98. The van der Waals surface area contributed by atoms with Crippen LogP contribution in [0.4, 0.5) is 17.2 Å². The summed E-state index contributed by atoms with van der Waals surface area (Å²) < 4.78 is 2.01. The molecule has 3 heterocycles. The van der Waals surface area contributed by atoms with E-state index in [1.807, 2.05) is 47.8 Å². The van der Waals surface area contributed by atoms with E-state index in [1.54, 1.807) is 0 Å². The first-order valence-corrected chi connectivity index (χ1v) is 13.1. The van der Waals surface area contributed by atoms with E-state index in [9.17, 15) is 4.79 Å². The van der Waals surface area contributed by atoms with Crippen molar-refractivity contribution in [1.29, 1.82) is 0 Å². The fourth-order valence-corrected chi connectivity index (χ4v) is 5.24. The maximum Gasteiger partial charge on any atom is 0.242 e. The SMILES string of the molecule is CN(C)c1ccc(-c2nc3ccccn3c2NCC(=O)N2CCN(c3cccc4ccccc34)CC2)cc1. The maximum atomic E-state index is 13.3. The predicted octanol–water partition coefficient (Wildman–Crippen LogP) is 4.98. The summed E-state index contributed by atoms with van der Waals surface area (Å²) in [5.41, 5.74) is 5.07. The molecule has 1 saturated heterocycles. The van der Waals surface area contributed by atoms with Crippen LogP contribution in [0.25, 0.3) is 27.7 Å². The molecule has 6 rings (SSSR count). The van der Waals surface area contributed by atoms with Crippen molar-refractivity contribution in [2.75, 3.05) is 61.9 Å². The first kappa shape index (κ1) is 23.9. The molecular formula is C31H32N6O. The van der Waals surface area contributed by atoms with Crippen molar-refractivity contribution in [2.24, 2.45) is 0 Å². The fraction of sp³-hybridized carbons (Fsp3) is 0.226. The summed E-state index contributed by atoms with van der Waals surface area (Å²) in [5, 5.41) is 5.92. The van der Waals surface area contributed by atoms with E-state index in [0.717, 1.165) is 41.5 Å². The monoisotopic (exact) mass is 504 g/mol. The highest BCUT2D eigenvalue weighted by Gasteiger charge is 2.23. The van der Waals surface area contributed by atoms with E-state index in [0.29, 0.717) is 13.1 Å². The molecule has 1 aliphatic heterocycles. The summed E-state index contributed by atoms with van der Waals surface area (Å²) in [7, 11) is 4.06. The lowest BCUT2D eigenvalue weighted by Gasteiger charge is -2.36. The number of aromatic nitrogens is 2. The van der Waals surface area contributed by atoms with Crippen molar-refractivity contribution in [3.63, 3.8) is 0 Å². The van der Waals surface area contributed by atoms with E-state index in [1.165, 1.54) is 16.5 Å². The van der Waals surface area contributed by atoms with Crippen molar-refractivity contribution in [2.45, 2.75) is 0 Å². The Morgan fingerprint density at radius 1 is 0.868 bits per heavy atom. The van der Waals surface area contributed by atoms with Gasteiger partial charge < -0.3 is 20.0 Å². The molecule has 1 fully saturated rings. The quantitative estimate of drug-likeness (QED) is 0.353. The minimum Gasteiger partial charge on any atom is -0.378 e. The number of hydrogen-bond donors (Lipinski definition) is 1. The van der Waals surface area contributed by atoms with Crippen LogP contribution in [0.15, 0.2) is 91.1 Å². The summed E-state index contributed by atoms with van der Waals surface area (Å²) in [5.74, 6) is 0.934. The third-order valence-electron chi connectivity index (χ3n) is 7.33. The van der Waals surface area contributed by atoms with E-state index in [2.05, 4.69) is 81.8 Å². The molecule has 192 valence electrons. The number of benzene rings is 3. The second-order valence-corrected chi connectivity index (χ2v) is 9.90. The van der Waals surface area contributed by atoms with Gasteiger partial charge in [-0.3, -0.25) is 9.20 Å². The van der Waals surface area contributed by atoms with E-state index >= 15 is 0 Å². The van der Waals surface area contributed by atoms with Gasteiger partial charge in [0.15, 0.2) is 0 Å². The van der Waals surface area contributed by atoms with Gasteiger partial charge in [-0.2, -0.15) is 0 Å². The van der Waals surface area contributed by atoms with Gasteiger partial charge in [-0.25, -0.2) is 4.98 Å². The van der Waals surface area contributed by atoms with Gasteiger partial charge in [0.05, 0.1) is 6.54 Å². The highest BCUT2D eigenvalue weighted by atomic mass is 16.2. The number of nitrogens with one attached hydrogen (secondary N) is 1. The smallest absolute Gasteiger partial charge is 0.242 e. The third kappa shape index (κ3) is 4.52. The van der Waals surface area contributed by atoms with Crippen LogP contribution in [0.2, 0.25) is 0 Å². The Morgan fingerprint density at radius 3 is 2.39 bits per heavy atom. The van der Waals surface area contributed by atoms with Gasteiger partial charge in [-0.1, -0.05) is 54.6 Å². The summed E-state index contributed by atoms with van der Waals surface area (Å²) >= 11 is 0. The number of carbonyl (C=O) groups is 1. The number of imidazole rings is 1. The van der Waals surface area contributed by atoms with Gasteiger partial charge >= 0.3 is 0 Å². The second-order valence-electron chi connectivity index (χ2n) is 9.90. The molecule has 0 radical (unpaired) electrons. The lowest BCUT2D eigenvalue weighted by Crippen LogP contribution is -2.50. The zero-order valence-electron chi connectivity index (χ0n) is 21.8. The van der Waals surface area contributed by atoms with Gasteiger partial charge in [0.25, 0.3) is 0 Å². The first-order valence-electron chi connectivity index (χ1n) is 13.1. The molecule has 0 atom stereocenters. The van der Waals surface area contributed by atoms with E-state index in [4.69, 9.17) is 4.98 Å². The van der Waals surface area contributed by atoms with Gasteiger partial charge in [0.1, 0.15) is 17.2 Å². The van der Waals surface area contributed by atoms with Crippen LogP contribution in [0.3, 0.4) is 0 Å². The average Bonchev–Trinajstić information content (AvgIpc) is 3.34. The van der Waals surface area contributed by atoms with Crippen LogP contribution in [-0.2, 0) is 4.79 Å². The molecule has 0 saturated carbocycles. The van der Waals surface area contributed by atoms with Crippen LogP contribution in [-0.4, -0.2) is 67.0 Å². The molecule has 0 spiro atoms. The summed E-state index contributed by atoms with van der Waals surface area (Å²) in [6.45, 7) is 3.27. The van der Waals surface area contributed by atoms with Crippen molar-refractivity contribution < 1.29 is 4.79 Å². The molecule has 0 bridgehead atoms. The van der Waals surface area contributed by atoms with Crippen LogP contribution in [0, 0.1) is 0 Å². The molecular weight excluding hydrogens is 472 g/mol. The molecule has 0 aliphatic carbocycles. The summed E-state index contributed by atoms with van der Waals surface area (Å²) in [6, 6.07) is 29.2. The number of amides is 1. The molecule has 7 nitrogen and oxygen atoms in total. The second kappa shape index (κ2) is 10.1. The zero-order chi connectivity index (χ0) is 26.1. The van der Waals surface area contributed by atoms with Gasteiger partial charge in [0, 0.05) is 68.8 Å². The number of pyridine rings is 1. The third-order valence-corrected chi connectivity index (χ3v) is 7.33. The zero-order valence-corrected chi connectivity index (χ0v) is 21.8. The van der Waals surface area contributed by atoms with Crippen molar-refractivity contribution in [3.05, 3.63) is 91.1 Å². The number of nitrogens with zero attached hydrogens (tertiary/aromatic N) is 5. The molecule has 2 aromatic heterocycles. The normalized spacial score (nSPS) is 13.7. The number of hydrogen-bond acceptors (Lipinski definition) is 5. The standard InChI is InChI=1S/C31H32N6O/c1-34(2)25-15-13-24(14-16-25)30-31(37-17-6-5-12-28(37)33-30)32-22-29(38)36-20-18-35(19-21-36)27-11-7-9-23-8-3-4-10-26(23)27/h3-17,32H,18-22H2,1-2H3. The largest absolute Gasteiger partial charge is 0.378 e. The Bertz CT molecular complexity index is 1580. The molecule has 1 N–H and O–H groups in total. The highest BCUT2D eigenvalue weighted by Crippen LogP contribution is 2.30. The number of piperazine rings is 1. The molecule has 0 unspecified atom stereocenters. The maximum absolute atomic E-state index is 13.3. The van der Waals surface area contributed by atoms with Crippen LogP contribution < -0.4 is 15.1 Å². The minimum atomic E-state index is 0.0994. The fourth-order valence-electron chi connectivity index (χ4n) is 5.24. The lowest BCUT2D eigenvalue weighted by atomic mass is 10.1. The van der Waals surface area contributed by atoms with Gasteiger partial charge in [-0.15, -0.1) is 0 Å². The first-order chi connectivity index (χ1) is 18.6. The van der Waals surface area contributed by atoms with Crippen LogP contribution in [0.5, 0.6) is 0 Å². The Kier molecular flexibility index (Phi) is 6.33. The van der Waals surface area contributed by atoms with Crippen LogP contribution in [0.1, 0.15) is 0 Å². The molecule has 5 aromatic rings. The number of rotatable bonds is 6. The molecule has 1 aliphatic rings. The molecule has 7 heteroatoms.